The molecule has 20 radical (unpaired) electrons. The fourth-order valence-corrected chi connectivity index (χ4v) is 8.82. The summed E-state index contributed by atoms with van der Waals surface area (Å²) < 4.78 is 12.7. The van der Waals surface area contributed by atoms with Gasteiger partial charge in [0.2, 0.25) is 0 Å². The maximum absolute atomic E-state index is 6.36. The second kappa shape index (κ2) is 18.4. The summed E-state index contributed by atoms with van der Waals surface area (Å²) in [5.41, 5.74) is 2.96. The molecule has 0 amide bonds. The van der Waals surface area contributed by atoms with Crippen molar-refractivity contribution < 1.29 is 43.6 Å². The van der Waals surface area contributed by atoms with Crippen LogP contribution in [0, 0.1) is 135 Å². The van der Waals surface area contributed by atoms with Crippen LogP contribution in [0.4, 0.5) is 0 Å². The van der Waals surface area contributed by atoms with Crippen molar-refractivity contribution in [3.8, 4) is 0 Å². The van der Waals surface area contributed by atoms with Crippen molar-refractivity contribution in [3.05, 3.63) is 125 Å². The van der Waals surface area contributed by atoms with Gasteiger partial charge in [0.05, 0.1) is 40.1 Å². The zero-order valence-corrected chi connectivity index (χ0v) is 35.3. The van der Waals surface area contributed by atoms with Crippen LogP contribution in [0.3, 0.4) is 0 Å². The first kappa shape index (κ1) is 44.6. The van der Waals surface area contributed by atoms with Crippen LogP contribution in [-0.2, 0) is 43.6 Å². The summed E-state index contributed by atoms with van der Waals surface area (Å²) in [6.45, 7) is 29.2. The van der Waals surface area contributed by atoms with Crippen LogP contribution in [0.15, 0.2) is 9.98 Å². The van der Waals surface area contributed by atoms with Gasteiger partial charge in [-0.1, -0.05) is 80.8 Å². The van der Waals surface area contributed by atoms with Crippen molar-refractivity contribution in [2.45, 2.75) is 92.9 Å². The summed E-state index contributed by atoms with van der Waals surface area (Å²) in [6, 6.07) is 0.327. The summed E-state index contributed by atoms with van der Waals surface area (Å²) in [7, 11) is -3.31. The molecule has 6 aliphatic rings. The Bertz CT molecular complexity index is 935. The van der Waals surface area contributed by atoms with Crippen molar-refractivity contribution in [1.82, 2.24) is 0 Å². The topological polar surface area (TPSA) is 43.2 Å². The third-order valence-corrected chi connectivity index (χ3v) is 12.7. The van der Waals surface area contributed by atoms with E-state index in [1.807, 2.05) is 64.2 Å². The van der Waals surface area contributed by atoms with Gasteiger partial charge in [0.15, 0.2) is 11.8 Å². The van der Waals surface area contributed by atoms with Crippen LogP contribution in [0.25, 0.3) is 0 Å². The Morgan fingerprint density at radius 2 is 0.771 bits per heavy atom. The van der Waals surface area contributed by atoms with Gasteiger partial charge in [-0.2, -0.15) is 0 Å². The van der Waals surface area contributed by atoms with E-state index in [0.717, 1.165) is 11.8 Å². The average molecular weight is 765 g/mol. The molecule has 0 aromatic heterocycles. The molecule has 4 nitrogen and oxygen atoms in total. The summed E-state index contributed by atoms with van der Waals surface area (Å²) in [4.78, 5) is 10.3. The van der Waals surface area contributed by atoms with Gasteiger partial charge in [0.1, 0.15) is 13.2 Å². The first-order valence-electron chi connectivity index (χ1n) is 16.7. The summed E-state index contributed by atoms with van der Waals surface area (Å²) in [5, 5.41) is 0. The molecule has 4 aliphatic carbocycles. The van der Waals surface area contributed by atoms with Crippen molar-refractivity contribution in [2.75, 3.05) is 13.2 Å². The Morgan fingerprint density at radius 3 is 0.979 bits per heavy atom. The monoisotopic (exact) mass is 764 g/mol. The van der Waals surface area contributed by atoms with Crippen molar-refractivity contribution in [2.24, 2.45) is 20.8 Å². The zero-order chi connectivity index (χ0) is 33.9. The van der Waals surface area contributed by atoms with E-state index >= 15 is 0 Å². The Hall–Kier alpha value is 0.413. The van der Waals surface area contributed by atoms with Gasteiger partial charge >= 0.3 is 34.1 Å². The molecule has 0 aromatic carbocycles. The second-order valence-electron chi connectivity index (χ2n) is 16.8. The van der Waals surface area contributed by atoms with Gasteiger partial charge in [-0.3, -0.25) is 0 Å². The maximum Gasteiger partial charge on any atom is 2.00 e. The SMILES string of the molecule is CC(C)(C)[C@H]1COC([C]2[C]([C]3[CH][CH][C]([Si](C)(C)C)[C]3C3=N[C@@H](C(C)(C)C)CO3)[CH][CH][C]2[Si](C)(C)C)=N1.[CH]1[CH][CH][CH][CH]1.[CH]1[CH][CH][CH][CH]1.[Fe+2].[Fe+2]. The smallest absolute Gasteiger partial charge is 0.478 e. The number of aliphatic imine (C=N–C) groups is 2. The molecule has 2 aliphatic heterocycles. The summed E-state index contributed by atoms with van der Waals surface area (Å²) >= 11 is 0. The Labute approximate surface area is 321 Å². The average Bonchev–Trinajstić information content (AvgIpc) is 3.78. The molecule has 48 heavy (non-hydrogen) atoms. The fraction of sp³-hybridized carbons (Fsp3) is 0.450. The normalized spacial score (nSPS) is 26.8. The molecule has 6 rings (SSSR count). The quantitative estimate of drug-likeness (QED) is 0.263. The van der Waals surface area contributed by atoms with Gasteiger partial charge in [-0.05, 0) is 112 Å². The van der Waals surface area contributed by atoms with Gasteiger partial charge in [0, 0.05) is 11.8 Å². The molecule has 0 aromatic rings. The predicted octanol–water partition coefficient (Wildman–Crippen LogP) is 8.76. The summed E-state index contributed by atoms with van der Waals surface area (Å²) in [6.07, 6.45) is 29.2. The minimum Gasteiger partial charge on any atom is -0.478 e. The molecule has 0 unspecified atom stereocenters. The van der Waals surface area contributed by atoms with Crippen LogP contribution in [-0.4, -0.2) is 53.2 Å². The van der Waals surface area contributed by atoms with Crippen LogP contribution in [0.1, 0.15) is 41.5 Å². The molecule has 0 spiro atoms. The van der Waals surface area contributed by atoms with Crippen LogP contribution in [0.5, 0.6) is 0 Å². The van der Waals surface area contributed by atoms with E-state index in [1.165, 1.54) is 34.8 Å². The molecule has 2 atom stereocenters. The molecule has 2 heterocycles. The third-order valence-electron chi connectivity index (χ3n) is 8.66. The Kier molecular flexibility index (Phi) is 17.1. The van der Waals surface area contributed by atoms with E-state index in [9.17, 15) is 0 Å². The largest absolute Gasteiger partial charge is 2.00 e. The van der Waals surface area contributed by atoms with Crippen LogP contribution >= 0.6 is 0 Å². The molecule has 4 saturated carbocycles. The molecule has 0 saturated heterocycles. The number of nitrogens with zero attached hydrogens (tertiary/aromatic N) is 2. The van der Waals surface area contributed by atoms with E-state index < -0.39 is 16.1 Å². The molecule has 8 heteroatoms. The Balaban J connectivity index is 0.000000569. The number of rotatable bonds is 5. The van der Waals surface area contributed by atoms with Crippen molar-refractivity contribution in [3.63, 3.8) is 0 Å². The minimum atomic E-state index is -1.65. The standard InChI is InChI=1S/C30H46N2O2Si2.2C5H5.2Fe/c1-29(2,3)23-17-33-27(31-23)25-19(13-15-21(25)35(7,8)9)20-14-16-22(36(10,11)12)26(20)28-32-24(18-34-28)30(4,5)6;2*1-2-4-5-3-1;;/h13-16,23-24H,17-18H2,1-12H3;2*1-5H;;/q;;;2*+2/t23-,24-;;;;/m1..../s1. The van der Waals surface area contributed by atoms with Crippen LogP contribution in [0.2, 0.25) is 39.3 Å². The molecule has 0 N–H and O–H groups in total. The third kappa shape index (κ3) is 11.7. The molecule has 258 valence electrons. The maximum atomic E-state index is 6.36. The first-order valence-corrected chi connectivity index (χ1v) is 23.7. The van der Waals surface area contributed by atoms with E-state index in [4.69, 9.17) is 19.5 Å². The first-order chi connectivity index (χ1) is 21.4. The van der Waals surface area contributed by atoms with Gasteiger partial charge < -0.3 is 9.47 Å². The summed E-state index contributed by atoms with van der Waals surface area (Å²) in [5.74, 6) is 6.45. The molecular formula is C40H56Fe2N2O2Si2+4. The Morgan fingerprint density at radius 1 is 0.500 bits per heavy atom. The number of ether oxygens (including phenoxy) is 2. The van der Waals surface area contributed by atoms with Gasteiger partial charge in [-0.15, -0.1) is 0 Å². The molecular weight excluding hydrogens is 708 g/mol. The number of hydrogen-bond acceptors (Lipinski definition) is 4. The van der Waals surface area contributed by atoms with Gasteiger partial charge in [0.25, 0.3) is 0 Å². The van der Waals surface area contributed by atoms with Crippen molar-refractivity contribution >= 4 is 27.9 Å². The van der Waals surface area contributed by atoms with E-state index in [1.54, 1.807) is 0 Å². The predicted molar refractivity (Wildman–Crippen MR) is 200 cm³/mol. The van der Waals surface area contributed by atoms with Crippen molar-refractivity contribution in [1.29, 1.82) is 0 Å². The fourth-order valence-electron chi connectivity index (χ4n) is 5.67. The minimum absolute atomic E-state index is 0. The second-order valence-corrected chi connectivity index (χ2v) is 26.8. The van der Waals surface area contributed by atoms with E-state index in [2.05, 4.69) is 107 Å². The van der Waals surface area contributed by atoms with Gasteiger partial charge in [-0.25, -0.2) is 9.98 Å². The van der Waals surface area contributed by atoms with E-state index in [0.29, 0.717) is 13.2 Å². The molecule has 0 bridgehead atoms. The van der Waals surface area contributed by atoms with Crippen LogP contribution < -0.4 is 0 Å². The number of hydrogen-bond donors (Lipinski definition) is 0. The molecule has 4 fully saturated rings. The zero-order valence-electron chi connectivity index (χ0n) is 31.1. The van der Waals surface area contributed by atoms with E-state index in [-0.39, 0.29) is 57.1 Å².